The quantitative estimate of drug-likeness (QED) is 0.513. The molecule has 2 aromatic carbocycles. The van der Waals surface area contributed by atoms with Crippen LogP contribution in [0.5, 0.6) is 0 Å². The van der Waals surface area contributed by atoms with Crippen molar-refractivity contribution in [2.24, 2.45) is 0 Å². The van der Waals surface area contributed by atoms with E-state index in [2.05, 4.69) is 72.5 Å². The van der Waals surface area contributed by atoms with Crippen LogP contribution in [-0.4, -0.2) is 6.66 Å². The Morgan fingerprint density at radius 2 is 1.42 bits per heavy atom. The number of nitriles is 1. The lowest BCUT2D eigenvalue weighted by atomic mass is 9.89. The van der Waals surface area contributed by atoms with Crippen molar-refractivity contribution in [1.29, 1.82) is 5.26 Å². The lowest BCUT2D eigenvalue weighted by Gasteiger charge is -2.27. The molecule has 2 aromatic rings. The van der Waals surface area contributed by atoms with Gasteiger partial charge in [-0.15, -0.1) is 0 Å². The Kier molecular flexibility index (Phi) is 7.02. The van der Waals surface area contributed by atoms with Gasteiger partial charge in [-0.05, 0) is 64.2 Å². The van der Waals surface area contributed by atoms with Crippen LogP contribution < -0.4 is 5.30 Å². The summed E-state index contributed by atoms with van der Waals surface area (Å²) in [4.78, 5) is 0. The van der Waals surface area contributed by atoms with Crippen molar-refractivity contribution in [3.8, 4) is 6.07 Å². The Morgan fingerprint density at radius 1 is 0.885 bits per heavy atom. The Hall–Kier alpha value is -1.64. The fraction of sp³-hybridized carbons (Fsp3) is 0.458. The first-order valence-corrected chi connectivity index (χ1v) is 11.6. The molecule has 0 aliphatic rings. The van der Waals surface area contributed by atoms with Gasteiger partial charge in [0.2, 0.25) is 0 Å². The summed E-state index contributed by atoms with van der Waals surface area (Å²) in [6, 6.07) is 15.3. The zero-order valence-electron chi connectivity index (χ0n) is 17.3. The van der Waals surface area contributed by atoms with Crippen molar-refractivity contribution in [1.82, 2.24) is 0 Å². The summed E-state index contributed by atoms with van der Waals surface area (Å²) in [7, 11) is -0.363. The first-order valence-electron chi connectivity index (χ1n) is 9.63. The SMILES string of the molecule is CC(C)c1cc(C(C)C)c(P(C)Cc2ccccc2C#N)c(C(C)C)c1. The number of hydrogen-bond acceptors (Lipinski definition) is 1. The van der Waals surface area contributed by atoms with Gasteiger partial charge in [-0.2, -0.15) is 5.26 Å². The van der Waals surface area contributed by atoms with E-state index in [1.54, 1.807) is 5.30 Å². The van der Waals surface area contributed by atoms with Gasteiger partial charge < -0.3 is 0 Å². The second kappa shape index (κ2) is 8.83. The predicted octanol–water partition coefficient (Wildman–Crippen LogP) is 6.87. The molecule has 1 nitrogen and oxygen atoms in total. The van der Waals surface area contributed by atoms with Gasteiger partial charge in [0.25, 0.3) is 0 Å². The lowest BCUT2D eigenvalue weighted by molar-refractivity contribution is 0.813. The van der Waals surface area contributed by atoms with Crippen LogP contribution in [-0.2, 0) is 6.16 Å². The van der Waals surface area contributed by atoms with E-state index in [-0.39, 0.29) is 7.92 Å². The minimum Gasteiger partial charge on any atom is -0.192 e. The lowest BCUT2D eigenvalue weighted by Crippen LogP contribution is -2.19. The molecule has 1 unspecified atom stereocenters. The Morgan fingerprint density at radius 3 is 1.88 bits per heavy atom. The van der Waals surface area contributed by atoms with E-state index in [0.717, 1.165) is 11.7 Å². The van der Waals surface area contributed by atoms with Crippen molar-refractivity contribution in [3.05, 3.63) is 64.2 Å². The summed E-state index contributed by atoms with van der Waals surface area (Å²) in [6.07, 6.45) is 0.972. The molecular formula is C24H32NP. The molecular weight excluding hydrogens is 333 g/mol. The van der Waals surface area contributed by atoms with Gasteiger partial charge in [0, 0.05) is 0 Å². The van der Waals surface area contributed by atoms with Gasteiger partial charge in [0.1, 0.15) is 0 Å². The van der Waals surface area contributed by atoms with Crippen molar-refractivity contribution in [3.63, 3.8) is 0 Å². The normalized spacial score (nSPS) is 12.7. The Balaban J connectivity index is 2.57. The van der Waals surface area contributed by atoms with Crippen LogP contribution in [0, 0.1) is 11.3 Å². The fourth-order valence-corrected chi connectivity index (χ4v) is 5.93. The highest BCUT2D eigenvalue weighted by molar-refractivity contribution is 7.64. The van der Waals surface area contributed by atoms with Gasteiger partial charge >= 0.3 is 0 Å². The van der Waals surface area contributed by atoms with Crippen LogP contribution in [0.1, 0.15) is 87.1 Å². The fourth-order valence-electron chi connectivity index (χ4n) is 3.46. The molecule has 0 aliphatic carbocycles. The average Bonchev–Trinajstić information content (AvgIpc) is 2.60. The molecule has 0 aromatic heterocycles. The molecule has 0 amide bonds. The van der Waals surface area contributed by atoms with Gasteiger partial charge in [-0.25, -0.2) is 0 Å². The topological polar surface area (TPSA) is 23.8 Å². The van der Waals surface area contributed by atoms with Crippen molar-refractivity contribution in [2.45, 2.75) is 65.5 Å². The van der Waals surface area contributed by atoms with E-state index >= 15 is 0 Å². The summed E-state index contributed by atoms with van der Waals surface area (Å²) in [5.41, 5.74) is 6.45. The molecule has 0 radical (unpaired) electrons. The second-order valence-corrected chi connectivity index (χ2v) is 10.3. The van der Waals surface area contributed by atoms with E-state index in [4.69, 9.17) is 0 Å². The number of hydrogen-bond donors (Lipinski definition) is 0. The van der Waals surface area contributed by atoms with Gasteiger partial charge in [-0.1, -0.05) is 79.8 Å². The number of benzene rings is 2. The molecule has 0 saturated carbocycles. The zero-order valence-corrected chi connectivity index (χ0v) is 18.2. The van der Waals surface area contributed by atoms with Crippen LogP contribution in [0.15, 0.2) is 36.4 Å². The number of nitrogens with zero attached hydrogens (tertiary/aromatic N) is 1. The van der Waals surface area contributed by atoms with Crippen molar-refractivity contribution in [2.75, 3.05) is 6.66 Å². The molecule has 26 heavy (non-hydrogen) atoms. The third-order valence-corrected chi connectivity index (χ3v) is 7.12. The summed E-state index contributed by atoms with van der Waals surface area (Å²) >= 11 is 0. The standard InChI is InChI=1S/C24H32NP/c1-16(2)21-12-22(17(3)4)24(23(13-21)18(5)6)26(7)15-20-11-9-8-10-19(20)14-25/h8-13,16-18H,15H2,1-7H3. The molecule has 0 bridgehead atoms. The Labute approximate surface area is 161 Å². The van der Waals surface area contributed by atoms with Crippen molar-refractivity contribution >= 4 is 13.2 Å². The zero-order chi connectivity index (χ0) is 19.4. The molecule has 0 saturated heterocycles. The maximum Gasteiger partial charge on any atom is 0.0994 e. The first kappa shape index (κ1) is 20.7. The van der Waals surface area contributed by atoms with Gasteiger partial charge in [0.05, 0.1) is 11.6 Å². The highest BCUT2D eigenvalue weighted by Crippen LogP contribution is 2.42. The van der Waals surface area contributed by atoms with E-state index in [0.29, 0.717) is 17.8 Å². The number of rotatable bonds is 6. The maximum absolute atomic E-state index is 9.44. The molecule has 0 N–H and O–H groups in total. The third-order valence-electron chi connectivity index (χ3n) is 5.03. The van der Waals surface area contributed by atoms with Gasteiger partial charge in [0.15, 0.2) is 0 Å². The van der Waals surface area contributed by atoms with Crippen LogP contribution in [0.2, 0.25) is 0 Å². The molecule has 1 atom stereocenters. The van der Waals surface area contributed by atoms with E-state index in [1.165, 1.54) is 22.3 Å². The highest BCUT2D eigenvalue weighted by atomic mass is 31.1. The van der Waals surface area contributed by atoms with Crippen LogP contribution in [0.4, 0.5) is 0 Å². The molecule has 2 heteroatoms. The molecule has 0 heterocycles. The molecule has 0 aliphatic heterocycles. The summed E-state index contributed by atoms with van der Waals surface area (Å²) in [5.74, 6) is 1.57. The third kappa shape index (κ3) is 4.55. The van der Waals surface area contributed by atoms with Crippen LogP contribution in [0.25, 0.3) is 0 Å². The summed E-state index contributed by atoms with van der Waals surface area (Å²) < 4.78 is 0. The van der Waals surface area contributed by atoms with E-state index < -0.39 is 0 Å². The second-order valence-electron chi connectivity index (χ2n) is 8.14. The van der Waals surface area contributed by atoms with Crippen LogP contribution in [0.3, 0.4) is 0 Å². The maximum atomic E-state index is 9.44. The first-order chi connectivity index (χ1) is 12.3. The molecule has 2 rings (SSSR count). The predicted molar refractivity (Wildman–Crippen MR) is 116 cm³/mol. The molecule has 138 valence electrons. The van der Waals surface area contributed by atoms with E-state index in [9.17, 15) is 5.26 Å². The minimum absolute atomic E-state index is 0.363. The average molecular weight is 366 g/mol. The Bertz CT molecular complexity index is 767. The largest absolute Gasteiger partial charge is 0.192 e. The molecule has 0 spiro atoms. The summed E-state index contributed by atoms with van der Waals surface area (Å²) in [5, 5.41) is 11.0. The smallest absolute Gasteiger partial charge is 0.0994 e. The highest BCUT2D eigenvalue weighted by Gasteiger charge is 2.21. The van der Waals surface area contributed by atoms with Crippen molar-refractivity contribution < 1.29 is 0 Å². The molecule has 0 fully saturated rings. The summed E-state index contributed by atoms with van der Waals surface area (Å²) in [6.45, 7) is 16.2. The van der Waals surface area contributed by atoms with E-state index in [1.807, 2.05) is 18.2 Å². The monoisotopic (exact) mass is 365 g/mol. The minimum atomic E-state index is -0.363. The van der Waals surface area contributed by atoms with Crippen LogP contribution >= 0.6 is 7.92 Å². The van der Waals surface area contributed by atoms with Gasteiger partial charge in [-0.3, -0.25) is 0 Å².